The number of sulfone groups is 1. The maximum Gasteiger partial charge on any atom is 0.409 e. The number of carboxylic acid groups (broad SMARTS) is 1. The topological polar surface area (TPSA) is 106 Å². The second-order valence-electron chi connectivity index (χ2n) is 4.28. The number of carbonyl (C=O) groups is 1. The minimum absolute atomic E-state index is 0.0582. The van der Waals surface area contributed by atoms with Crippen molar-refractivity contribution in [2.45, 2.75) is 5.03 Å². The van der Waals surface area contributed by atoms with E-state index in [4.69, 9.17) is 9.84 Å². The van der Waals surface area contributed by atoms with Crippen LogP contribution in [0.25, 0.3) is 0 Å². The molecule has 7 nitrogen and oxygen atoms in total. The van der Waals surface area contributed by atoms with Crippen molar-refractivity contribution in [2.24, 2.45) is 0 Å². The van der Waals surface area contributed by atoms with Gasteiger partial charge in [0.05, 0.1) is 6.20 Å². The molecule has 0 atom stereocenters. The summed E-state index contributed by atoms with van der Waals surface area (Å²) in [6.45, 7) is 0. The second-order valence-corrected chi connectivity index (χ2v) is 6.24. The van der Waals surface area contributed by atoms with E-state index in [1.807, 2.05) is 5.32 Å². The van der Waals surface area contributed by atoms with E-state index in [2.05, 4.69) is 4.98 Å². The fraction of sp³-hybridized carbons (Fsp3) is 0.0769. The summed E-state index contributed by atoms with van der Waals surface area (Å²) >= 11 is 0. The van der Waals surface area contributed by atoms with Crippen LogP contribution in [-0.2, 0) is 9.84 Å². The number of benzene rings is 1. The molecular weight excluding hydrogens is 315 g/mol. The first kappa shape index (κ1) is 15.7. The van der Waals surface area contributed by atoms with Crippen molar-refractivity contribution in [3.63, 3.8) is 0 Å². The third-order valence-corrected chi connectivity index (χ3v) is 3.50. The standard InChI is InChI=1S/C13H11FN2O5S/c1-22(19,20)12-5-3-9(7-15-12)21-11-4-2-8(6-10(11)14)16-13(17)18/h2-7,16H,1H3,(H,17,18). The van der Waals surface area contributed by atoms with Crippen LogP contribution in [0, 0.1) is 5.82 Å². The lowest BCUT2D eigenvalue weighted by atomic mass is 10.3. The first-order valence-electron chi connectivity index (χ1n) is 5.89. The van der Waals surface area contributed by atoms with Crippen molar-refractivity contribution in [1.82, 2.24) is 4.98 Å². The number of hydrogen-bond acceptors (Lipinski definition) is 5. The van der Waals surface area contributed by atoms with Gasteiger partial charge in [0.2, 0.25) is 0 Å². The Balaban J connectivity index is 2.19. The molecule has 116 valence electrons. The highest BCUT2D eigenvalue weighted by Gasteiger charge is 2.11. The Morgan fingerprint density at radius 3 is 2.55 bits per heavy atom. The Morgan fingerprint density at radius 1 is 1.32 bits per heavy atom. The number of nitrogens with zero attached hydrogens (tertiary/aromatic N) is 1. The molecule has 2 aromatic rings. The van der Waals surface area contributed by atoms with E-state index >= 15 is 0 Å². The largest absolute Gasteiger partial charge is 0.465 e. The van der Waals surface area contributed by atoms with E-state index in [-0.39, 0.29) is 22.2 Å². The lowest BCUT2D eigenvalue weighted by Gasteiger charge is -2.08. The van der Waals surface area contributed by atoms with Gasteiger partial charge in [0.25, 0.3) is 0 Å². The molecule has 1 amide bonds. The average Bonchev–Trinajstić information content (AvgIpc) is 2.41. The molecule has 0 fully saturated rings. The predicted octanol–water partition coefficient (Wildman–Crippen LogP) is 2.51. The van der Waals surface area contributed by atoms with Gasteiger partial charge in [0.15, 0.2) is 26.4 Å². The van der Waals surface area contributed by atoms with Gasteiger partial charge < -0.3 is 9.84 Å². The Morgan fingerprint density at radius 2 is 2.05 bits per heavy atom. The first-order chi connectivity index (χ1) is 10.3. The number of ether oxygens (including phenoxy) is 1. The Hall–Kier alpha value is -2.68. The van der Waals surface area contributed by atoms with Crippen LogP contribution in [0.5, 0.6) is 11.5 Å². The quantitative estimate of drug-likeness (QED) is 0.894. The zero-order valence-corrected chi connectivity index (χ0v) is 12.1. The minimum atomic E-state index is -3.42. The van der Waals surface area contributed by atoms with Crippen LogP contribution in [0.1, 0.15) is 0 Å². The molecule has 0 saturated carbocycles. The highest BCUT2D eigenvalue weighted by Crippen LogP contribution is 2.26. The molecule has 0 aliphatic heterocycles. The molecule has 0 aliphatic rings. The third kappa shape index (κ3) is 3.92. The summed E-state index contributed by atoms with van der Waals surface area (Å²) < 4.78 is 41.5. The summed E-state index contributed by atoms with van der Waals surface area (Å²) in [7, 11) is -3.42. The predicted molar refractivity (Wildman–Crippen MR) is 75.5 cm³/mol. The van der Waals surface area contributed by atoms with E-state index in [1.54, 1.807) is 0 Å². The SMILES string of the molecule is CS(=O)(=O)c1ccc(Oc2ccc(NC(=O)O)cc2F)cn1. The highest BCUT2D eigenvalue weighted by atomic mass is 32.2. The molecule has 0 aliphatic carbocycles. The molecule has 1 heterocycles. The van der Waals surface area contributed by atoms with Crippen molar-refractivity contribution < 1.29 is 27.4 Å². The Labute approximate surface area is 125 Å². The van der Waals surface area contributed by atoms with Crippen LogP contribution >= 0.6 is 0 Å². The van der Waals surface area contributed by atoms with Crippen LogP contribution < -0.4 is 10.1 Å². The number of hydrogen-bond donors (Lipinski definition) is 2. The summed E-state index contributed by atoms with van der Waals surface area (Å²) in [5, 5.41) is 10.4. The van der Waals surface area contributed by atoms with E-state index in [0.29, 0.717) is 0 Å². The number of amides is 1. The molecule has 2 N–H and O–H groups in total. The molecule has 1 aromatic carbocycles. The van der Waals surface area contributed by atoms with Gasteiger partial charge >= 0.3 is 6.09 Å². The summed E-state index contributed by atoms with van der Waals surface area (Å²) in [5.41, 5.74) is 0.0582. The molecule has 0 saturated heterocycles. The molecule has 0 bridgehead atoms. The molecule has 1 aromatic heterocycles. The van der Waals surface area contributed by atoms with E-state index in [9.17, 15) is 17.6 Å². The van der Waals surface area contributed by atoms with Crippen molar-refractivity contribution in [2.75, 3.05) is 11.6 Å². The number of rotatable bonds is 4. The number of nitrogens with one attached hydrogen (secondary N) is 1. The summed E-state index contributed by atoms with van der Waals surface area (Å²) in [6.07, 6.45) is 0.858. The normalized spacial score (nSPS) is 11.0. The van der Waals surface area contributed by atoms with Gasteiger partial charge in [-0.15, -0.1) is 0 Å². The van der Waals surface area contributed by atoms with Gasteiger partial charge in [-0.05, 0) is 24.3 Å². The highest BCUT2D eigenvalue weighted by molar-refractivity contribution is 7.90. The Bertz CT molecular complexity index is 806. The summed E-state index contributed by atoms with van der Waals surface area (Å²) in [6, 6.07) is 6.10. The molecule has 0 spiro atoms. The molecular formula is C13H11FN2O5S. The monoisotopic (exact) mass is 326 g/mol. The Kier molecular flexibility index (Phi) is 4.27. The van der Waals surface area contributed by atoms with Crippen LogP contribution in [0.2, 0.25) is 0 Å². The zero-order chi connectivity index (χ0) is 16.3. The smallest absolute Gasteiger partial charge is 0.409 e. The average molecular weight is 326 g/mol. The van der Waals surface area contributed by atoms with Crippen LogP contribution in [0.15, 0.2) is 41.6 Å². The van der Waals surface area contributed by atoms with Gasteiger partial charge in [0, 0.05) is 18.0 Å². The van der Waals surface area contributed by atoms with Gasteiger partial charge in [-0.2, -0.15) is 0 Å². The molecule has 2 rings (SSSR count). The number of halogens is 1. The second kappa shape index (κ2) is 5.98. The number of pyridine rings is 1. The van der Waals surface area contributed by atoms with Gasteiger partial charge in [-0.3, -0.25) is 5.32 Å². The van der Waals surface area contributed by atoms with E-state index in [1.165, 1.54) is 24.3 Å². The van der Waals surface area contributed by atoms with Gasteiger partial charge in [-0.25, -0.2) is 22.6 Å². The lowest BCUT2D eigenvalue weighted by Crippen LogP contribution is -2.07. The zero-order valence-electron chi connectivity index (χ0n) is 11.3. The third-order valence-electron chi connectivity index (χ3n) is 2.50. The maximum absolute atomic E-state index is 13.8. The molecule has 0 unspecified atom stereocenters. The maximum atomic E-state index is 13.8. The first-order valence-corrected chi connectivity index (χ1v) is 7.78. The van der Waals surface area contributed by atoms with Crippen molar-refractivity contribution in [3.8, 4) is 11.5 Å². The van der Waals surface area contributed by atoms with Crippen LogP contribution in [0.3, 0.4) is 0 Å². The van der Waals surface area contributed by atoms with E-state index in [0.717, 1.165) is 18.5 Å². The lowest BCUT2D eigenvalue weighted by molar-refractivity contribution is 0.209. The minimum Gasteiger partial charge on any atom is -0.465 e. The van der Waals surface area contributed by atoms with Crippen molar-refractivity contribution >= 4 is 21.6 Å². The summed E-state index contributed by atoms with van der Waals surface area (Å²) in [5.74, 6) is -0.784. The number of anilines is 1. The van der Waals surface area contributed by atoms with E-state index < -0.39 is 21.7 Å². The molecule has 22 heavy (non-hydrogen) atoms. The number of aromatic nitrogens is 1. The fourth-order valence-corrected chi connectivity index (χ4v) is 2.12. The van der Waals surface area contributed by atoms with Crippen molar-refractivity contribution in [1.29, 1.82) is 0 Å². The summed E-state index contributed by atoms with van der Waals surface area (Å²) in [4.78, 5) is 14.2. The molecule has 9 heteroatoms. The van der Waals surface area contributed by atoms with Gasteiger partial charge in [0.1, 0.15) is 5.75 Å². The van der Waals surface area contributed by atoms with Gasteiger partial charge in [-0.1, -0.05) is 0 Å². The molecule has 0 radical (unpaired) electrons. The van der Waals surface area contributed by atoms with Crippen LogP contribution in [-0.4, -0.2) is 30.9 Å². The van der Waals surface area contributed by atoms with Crippen LogP contribution in [0.4, 0.5) is 14.9 Å². The van der Waals surface area contributed by atoms with Crippen molar-refractivity contribution in [3.05, 3.63) is 42.3 Å². The fourth-order valence-electron chi connectivity index (χ4n) is 1.56.